The molecule has 0 fully saturated rings. The number of carbonyl (C=O) groups is 1. The molecule has 1 aliphatic heterocycles. The van der Waals surface area contributed by atoms with Gasteiger partial charge in [-0.2, -0.15) is 0 Å². The highest BCUT2D eigenvalue weighted by molar-refractivity contribution is 5.84. The molecule has 1 atom stereocenters. The summed E-state index contributed by atoms with van der Waals surface area (Å²) < 4.78 is 5.85. The molecule has 1 amide bonds. The minimum atomic E-state index is 0.0411. The van der Waals surface area contributed by atoms with Gasteiger partial charge in [0.1, 0.15) is 11.9 Å². The minimum absolute atomic E-state index is 0.0411. The van der Waals surface area contributed by atoms with E-state index in [0.29, 0.717) is 13.0 Å². The summed E-state index contributed by atoms with van der Waals surface area (Å²) in [4.78, 5) is 15.4. The largest absolute Gasteiger partial charge is 0.488 e. The third kappa shape index (κ3) is 3.00. The van der Waals surface area contributed by atoms with Crippen molar-refractivity contribution in [3.63, 3.8) is 0 Å². The lowest BCUT2D eigenvalue weighted by atomic mass is 10.1. The topological polar surface area (TPSA) is 54.1 Å². The second-order valence-electron chi connectivity index (χ2n) is 6.22. The maximum absolute atomic E-state index is 12.1. The Morgan fingerprint density at radius 3 is 2.92 bits per heavy atom. The second kappa shape index (κ2) is 6.40. The van der Waals surface area contributed by atoms with Crippen LogP contribution in [0.1, 0.15) is 17.5 Å². The van der Waals surface area contributed by atoms with Gasteiger partial charge in [0.15, 0.2) is 0 Å². The molecule has 4 nitrogen and oxygen atoms in total. The number of ether oxygens (including phenoxy) is 1. The van der Waals surface area contributed by atoms with Crippen molar-refractivity contribution in [2.24, 2.45) is 0 Å². The SMILES string of the molecule is O=C(CCc1c[nH]c2ccccc12)NCC1Cc2ccccc2O1. The number of amides is 1. The summed E-state index contributed by atoms with van der Waals surface area (Å²) in [6.07, 6.45) is 4.12. The molecule has 0 radical (unpaired) electrons. The van der Waals surface area contributed by atoms with Crippen LogP contribution in [0.2, 0.25) is 0 Å². The van der Waals surface area contributed by atoms with Crippen molar-refractivity contribution in [3.05, 3.63) is 65.9 Å². The van der Waals surface area contributed by atoms with E-state index in [1.54, 1.807) is 0 Å². The number of rotatable bonds is 5. The maximum atomic E-state index is 12.1. The van der Waals surface area contributed by atoms with Gasteiger partial charge in [-0.05, 0) is 29.7 Å². The smallest absolute Gasteiger partial charge is 0.220 e. The van der Waals surface area contributed by atoms with Gasteiger partial charge in [-0.1, -0.05) is 36.4 Å². The fourth-order valence-corrected chi connectivity index (χ4v) is 3.27. The van der Waals surface area contributed by atoms with Gasteiger partial charge < -0.3 is 15.0 Å². The number of aryl methyl sites for hydroxylation is 1. The van der Waals surface area contributed by atoms with E-state index >= 15 is 0 Å². The molecule has 0 saturated heterocycles. The summed E-state index contributed by atoms with van der Waals surface area (Å²) in [6.45, 7) is 0.557. The first-order valence-corrected chi connectivity index (χ1v) is 8.36. The highest BCUT2D eigenvalue weighted by Crippen LogP contribution is 2.27. The maximum Gasteiger partial charge on any atom is 0.220 e. The fraction of sp³-hybridized carbons (Fsp3) is 0.250. The Kier molecular flexibility index (Phi) is 3.95. The number of benzene rings is 2. The number of carbonyl (C=O) groups excluding carboxylic acids is 1. The molecule has 3 aromatic rings. The van der Waals surface area contributed by atoms with Crippen molar-refractivity contribution in [2.75, 3.05) is 6.54 Å². The molecule has 122 valence electrons. The Morgan fingerprint density at radius 2 is 2.00 bits per heavy atom. The Morgan fingerprint density at radius 1 is 1.17 bits per heavy atom. The summed E-state index contributed by atoms with van der Waals surface area (Å²) >= 11 is 0. The second-order valence-corrected chi connectivity index (χ2v) is 6.22. The number of aromatic nitrogens is 1. The first kappa shape index (κ1) is 14.8. The fourth-order valence-electron chi connectivity index (χ4n) is 3.27. The van der Waals surface area contributed by atoms with E-state index in [1.807, 2.05) is 42.6 Å². The van der Waals surface area contributed by atoms with E-state index in [-0.39, 0.29) is 12.0 Å². The van der Waals surface area contributed by atoms with E-state index in [9.17, 15) is 4.79 Å². The van der Waals surface area contributed by atoms with Crippen molar-refractivity contribution in [3.8, 4) is 5.75 Å². The Hall–Kier alpha value is -2.75. The molecule has 2 aromatic carbocycles. The highest BCUT2D eigenvalue weighted by atomic mass is 16.5. The van der Waals surface area contributed by atoms with Gasteiger partial charge in [0.25, 0.3) is 0 Å². The Balaban J connectivity index is 1.27. The number of para-hydroxylation sites is 2. The van der Waals surface area contributed by atoms with Crippen LogP contribution in [0.15, 0.2) is 54.7 Å². The van der Waals surface area contributed by atoms with Gasteiger partial charge in [-0.3, -0.25) is 4.79 Å². The number of hydrogen-bond acceptors (Lipinski definition) is 2. The Labute approximate surface area is 140 Å². The lowest BCUT2D eigenvalue weighted by molar-refractivity contribution is -0.121. The van der Waals surface area contributed by atoms with E-state index < -0.39 is 0 Å². The summed E-state index contributed by atoms with van der Waals surface area (Å²) in [5.41, 5.74) is 3.52. The number of aromatic amines is 1. The van der Waals surface area contributed by atoms with Crippen molar-refractivity contribution in [2.45, 2.75) is 25.4 Å². The van der Waals surface area contributed by atoms with Gasteiger partial charge in [0.05, 0.1) is 6.54 Å². The van der Waals surface area contributed by atoms with Crippen LogP contribution in [0.3, 0.4) is 0 Å². The van der Waals surface area contributed by atoms with Gasteiger partial charge >= 0.3 is 0 Å². The van der Waals surface area contributed by atoms with E-state index in [0.717, 1.165) is 24.1 Å². The quantitative estimate of drug-likeness (QED) is 0.758. The van der Waals surface area contributed by atoms with E-state index in [2.05, 4.69) is 22.4 Å². The van der Waals surface area contributed by atoms with Crippen molar-refractivity contribution in [1.29, 1.82) is 0 Å². The third-order valence-electron chi connectivity index (χ3n) is 4.54. The van der Waals surface area contributed by atoms with Crippen LogP contribution in [0.25, 0.3) is 10.9 Å². The van der Waals surface area contributed by atoms with Crippen LogP contribution in [0.5, 0.6) is 5.75 Å². The summed E-state index contributed by atoms with van der Waals surface area (Å²) in [5.74, 6) is 1.01. The summed E-state index contributed by atoms with van der Waals surface area (Å²) in [5, 5.41) is 4.19. The zero-order chi connectivity index (χ0) is 16.4. The molecule has 0 bridgehead atoms. The molecule has 0 aliphatic carbocycles. The zero-order valence-electron chi connectivity index (χ0n) is 13.4. The molecule has 1 aromatic heterocycles. The average molecular weight is 320 g/mol. The van der Waals surface area contributed by atoms with Crippen molar-refractivity contribution >= 4 is 16.8 Å². The molecule has 2 heterocycles. The van der Waals surface area contributed by atoms with E-state index in [1.165, 1.54) is 16.5 Å². The van der Waals surface area contributed by atoms with Gasteiger partial charge in [-0.25, -0.2) is 0 Å². The summed E-state index contributed by atoms with van der Waals surface area (Å²) in [6, 6.07) is 16.2. The first-order valence-electron chi connectivity index (χ1n) is 8.36. The van der Waals surface area contributed by atoms with Crippen LogP contribution in [-0.2, 0) is 17.6 Å². The van der Waals surface area contributed by atoms with Crippen LogP contribution >= 0.6 is 0 Å². The zero-order valence-corrected chi connectivity index (χ0v) is 13.4. The minimum Gasteiger partial charge on any atom is -0.488 e. The molecule has 2 N–H and O–H groups in total. The first-order chi connectivity index (χ1) is 11.8. The van der Waals surface area contributed by atoms with Crippen molar-refractivity contribution in [1.82, 2.24) is 10.3 Å². The number of nitrogens with one attached hydrogen (secondary N) is 2. The lowest BCUT2D eigenvalue weighted by Gasteiger charge is -2.11. The molecule has 0 saturated carbocycles. The third-order valence-corrected chi connectivity index (χ3v) is 4.54. The van der Waals surface area contributed by atoms with Crippen LogP contribution in [0, 0.1) is 0 Å². The molecular formula is C20H20N2O2. The van der Waals surface area contributed by atoms with Crippen LogP contribution < -0.4 is 10.1 Å². The monoisotopic (exact) mass is 320 g/mol. The van der Waals surface area contributed by atoms with Gasteiger partial charge in [0, 0.05) is 29.9 Å². The Bertz CT molecular complexity index is 844. The normalized spacial score (nSPS) is 15.9. The predicted octanol–water partition coefficient (Wildman–Crippen LogP) is 3.22. The van der Waals surface area contributed by atoms with Gasteiger partial charge in [0.2, 0.25) is 5.91 Å². The highest BCUT2D eigenvalue weighted by Gasteiger charge is 2.22. The van der Waals surface area contributed by atoms with E-state index in [4.69, 9.17) is 4.74 Å². The van der Waals surface area contributed by atoms with Crippen LogP contribution in [-0.4, -0.2) is 23.5 Å². The average Bonchev–Trinajstić information content (AvgIpc) is 3.21. The van der Waals surface area contributed by atoms with Crippen molar-refractivity contribution < 1.29 is 9.53 Å². The van der Waals surface area contributed by atoms with Crippen LogP contribution in [0.4, 0.5) is 0 Å². The van der Waals surface area contributed by atoms with Gasteiger partial charge in [-0.15, -0.1) is 0 Å². The summed E-state index contributed by atoms with van der Waals surface area (Å²) in [7, 11) is 0. The number of hydrogen-bond donors (Lipinski definition) is 2. The molecule has 4 rings (SSSR count). The molecule has 1 aliphatic rings. The predicted molar refractivity (Wildman–Crippen MR) is 94.2 cm³/mol. The standard InChI is InChI=1S/C20H20N2O2/c23-20(10-9-15-12-21-18-7-3-2-6-17(15)18)22-13-16-11-14-5-1-4-8-19(14)24-16/h1-8,12,16,21H,9-11,13H2,(H,22,23). The molecule has 4 heteroatoms. The molecule has 0 spiro atoms. The lowest BCUT2D eigenvalue weighted by Crippen LogP contribution is -2.34. The molecule has 1 unspecified atom stereocenters. The number of fused-ring (bicyclic) bond motifs is 2. The molecular weight excluding hydrogens is 300 g/mol. The molecule has 24 heavy (non-hydrogen) atoms. The number of H-pyrrole nitrogens is 1.